The molecule has 4 aliphatic rings. The zero-order valence-electron chi connectivity index (χ0n) is 63.9. The van der Waals surface area contributed by atoms with Crippen LogP contribution < -0.4 is 21.3 Å². The van der Waals surface area contributed by atoms with Gasteiger partial charge in [0, 0.05) is 43.1 Å². The molecule has 6 N–H and O–H groups in total. The topological polar surface area (TPSA) is 263 Å². The van der Waals surface area contributed by atoms with Gasteiger partial charge in [0.2, 0.25) is 11.8 Å². The molecule has 0 unspecified atom stereocenters. The quantitative estimate of drug-likeness (QED) is 0.0387. The number of amides is 4. The largest absolute Gasteiger partial charge is 0.744 e. The summed E-state index contributed by atoms with van der Waals surface area (Å²) in [7, 11) is -8.44. The van der Waals surface area contributed by atoms with Crippen LogP contribution in [0.15, 0.2) is 216 Å². The number of carbonyl (C=O) groups excluding carboxylic acids is 4. The van der Waals surface area contributed by atoms with Crippen molar-refractivity contribution in [2.45, 2.75) is 158 Å². The fourth-order valence-electron chi connectivity index (χ4n) is 15.3. The fourth-order valence-corrected chi connectivity index (χ4v) is 16.3. The number of benzene rings is 10. The standard InChI is InChI=1S/2C33H35F4N3O2.2C10H8O3S.C2H3N/c2*1-20-12-15-25(19-27(20)33(35,36)37)39-31(41)26-10-6-18-40(32(42)29-21(2)7-5-11-28(29)34)30(26)22-13-16-24(17-14-22)38-23-8-3-4-9-23;2*11-14(12,13)10-6-5-8-3-1-2-4-9(8)7-10;1-2-3/h2*5,7,11-17,19,23,26,30,38H,3-4,6,8-10,18H2,1-2H3,(H,39,41);2*1-7H,(H,11,12,13);1H3/t2*26-,30-;;;/m00.../s1. The molecule has 2 aliphatic carbocycles. The van der Waals surface area contributed by atoms with Gasteiger partial charge in [0.05, 0.1) is 68.1 Å². The highest BCUT2D eigenvalue weighted by molar-refractivity contribution is 7.86. The van der Waals surface area contributed by atoms with E-state index in [2.05, 4.69) is 21.3 Å². The Bertz CT molecular complexity index is 5050. The third-order valence-electron chi connectivity index (χ3n) is 21.1. The minimum Gasteiger partial charge on any atom is -0.744 e. The van der Waals surface area contributed by atoms with Gasteiger partial charge in [-0.25, -0.2) is 17.2 Å². The van der Waals surface area contributed by atoms with Crippen LogP contribution in [0.3, 0.4) is 0 Å². The highest BCUT2D eigenvalue weighted by Crippen LogP contribution is 2.43. The van der Waals surface area contributed by atoms with E-state index in [0.29, 0.717) is 67.5 Å². The van der Waals surface area contributed by atoms with Crippen LogP contribution in [0.1, 0.15) is 161 Å². The Morgan fingerprint density at radius 3 is 1.28 bits per heavy atom. The minimum atomic E-state index is -4.56. The van der Waals surface area contributed by atoms with Crippen molar-refractivity contribution < 1.29 is 85.6 Å². The molecule has 0 bridgehead atoms. The molecule has 2 aliphatic heterocycles. The second-order valence-corrected chi connectivity index (χ2v) is 31.9. The first-order valence-corrected chi connectivity index (χ1v) is 40.6. The Labute approximate surface area is 663 Å². The number of likely N-dealkylation sites (tertiary alicyclic amines) is 2. The predicted molar refractivity (Wildman–Crippen MR) is 424 cm³/mol. The SMILES string of the molecule is CC#N.Cc1ccc(NC(=O)[C@H]2CCCN(C(=O)c3c(C)cccc3F)[C@H]2c2ccc(NC3CCCC3)cc2)cc1C(F)(F)F.Cc1ccc(NC(=O)[C@H]2CCCN(C(=O)c3c(C)cccc3F)[C@H]2c2ccc([NH2+]C3CCCC3)cc2)cc1C(F)(F)F.O=S(=O)(O)c1ccc2ccccc2c1.O=S(=O)([O-])c1ccc2ccccc2c1. The molecule has 4 fully saturated rings. The van der Waals surface area contributed by atoms with E-state index in [1.807, 2.05) is 78.9 Å². The van der Waals surface area contributed by atoms with Crippen molar-refractivity contribution in [3.63, 3.8) is 0 Å². The lowest BCUT2D eigenvalue weighted by Gasteiger charge is -2.41. The van der Waals surface area contributed by atoms with Crippen LogP contribution >= 0.6 is 0 Å². The molecule has 17 nitrogen and oxygen atoms in total. The lowest BCUT2D eigenvalue weighted by atomic mass is 9.83. The maximum Gasteiger partial charge on any atom is 0.416 e. The van der Waals surface area contributed by atoms with Crippen molar-refractivity contribution in [2.24, 2.45) is 11.8 Å². The van der Waals surface area contributed by atoms with E-state index in [-0.39, 0.29) is 43.4 Å². The van der Waals surface area contributed by atoms with E-state index in [1.54, 1.807) is 73.3 Å². The van der Waals surface area contributed by atoms with Gasteiger partial charge in [-0.15, -0.1) is 0 Å². The molecule has 2 saturated carbocycles. The normalized spacial score (nSPS) is 17.2. The van der Waals surface area contributed by atoms with Gasteiger partial charge in [-0.05, 0) is 232 Å². The summed E-state index contributed by atoms with van der Waals surface area (Å²) >= 11 is 0. The van der Waals surface area contributed by atoms with Gasteiger partial charge < -0.3 is 35.6 Å². The number of alkyl halides is 6. The number of hydrogen-bond donors (Lipinski definition) is 5. The van der Waals surface area contributed by atoms with Crippen LogP contribution in [0.5, 0.6) is 0 Å². The number of nitrogens with zero attached hydrogens (tertiary/aromatic N) is 3. The number of anilines is 3. The first kappa shape index (κ1) is 86.5. The number of fused-ring (bicyclic) bond motifs is 2. The Morgan fingerprint density at radius 2 is 0.870 bits per heavy atom. The third-order valence-corrected chi connectivity index (χ3v) is 22.7. The summed E-state index contributed by atoms with van der Waals surface area (Å²) in [5, 5.41) is 21.9. The molecule has 27 heteroatoms. The van der Waals surface area contributed by atoms with Crippen molar-refractivity contribution in [1.29, 1.82) is 5.26 Å². The lowest BCUT2D eigenvalue weighted by molar-refractivity contribution is -0.609. The highest BCUT2D eigenvalue weighted by atomic mass is 32.2. The van der Waals surface area contributed by atoms with Crippen LogP contribution in [0, 0.1) is 62.5 Å². The average molecular weight is 1620 g/mol. The maximum atomic E-state index is 14.9. The van der Waals surface area contributed by atoms with Crippen molar-refractivity contribution >= 4 is 88.2 Å². The Morgan fingerprint density at radius 1 is 0.478 bits per heavy atom. The summed E-state index contributed by atoms with van der Waals surface area (Å²) < 4.78 is 174. The van der Waals surface area contributed by atoms with Crippen LogP contribution in [0.4, 0.5) is 57.9 Å². The van der Waals surface area contributed by atoms with Crippen LogP contribution in [-0.2, 0) is 42.2 Å². The molecule has 0 radical (unpaired) electrons. The maximum absolute atomic E-state index is 14.9. The fraction of sp³-hybridized carbons (Fsp3) is 0.307. The molecular weight excluding hydrogens is 1530 g/mol. The van der Waals surface area contributed by atoms with Crippen molar-refractivity contribution in [3.05, 3.63) is 274 Å². The van der Waals surface area contributed by atoms with Crippen molar-refractivity contribution in [3.8, 4) is 6.07 Å². The molecule has 10 aromatic carbocycles. The summed E-state index contributed by atoms with van der Waals surface area (Å²) in [6.07, 6.45) is 2.02. The van der Waals surface area contributed by atoms with Crippen LogP contribution in [0.25, 0.3) is 21.5 Å². The molecule has 10 aromatic rings. The monoisotopic (exact) mass is 1620 g/mol. The van der Waals surface area contributed by atoms with E-state index in [9.17, 15) is 75.7 Å². The van der Waals surface area contributed by atoms with Gasteiger partial charge in [0.1, 0.15) is 27.4 Å². The van der Waals surface area contributed by atoms with E-state index in [0.717, 1.165) is 76.3 Å². The van der Waals surface area contributed by atoms with E-state index >= 15 is 0 Å². The molecule has 14 rings (SSSR count). The first-order valence-electron chi connectivity index (χ1n) is 37.7. The minimum absolute atomic E-state index is 0.0289. The summed E-state index contributed by atoms with van der Waals surface area (Å²) in [5.74, 6) is -4.80. The summed E-state index contributed by atoms with van der Waals surface area (Å²) in [5.41, 5.74) is 2.85. The number of quaternary nitrogens is 1. The Balaban J connectivity index is 0.000000178. The molecule has 0 aromatic heterocycles. The number of carbonyl (C=O) groups is 4. The molecular formula is C88H89F8N7O10S2. The third kappa shape index (κ3) is 22.4. The van der Waals surface area contributed by atoms with E-state index in [4.69, 9.17) is 9.81 Å². The number of hydrogen-bond acceptors (Lipinski definition) is 11. The zero-order chi connectivity index (χ0) is 83.1. The van der Waals surface area contributed by atoms with E-state index in [1.165, 1.54) is 118 Å². The van der Waals surface area contributed by atoms with Crippen molar-refractivity contribution in [1.82, 2.24) is 9.80 Å². The summed E-state index contributed by atoms with van der Waals surface area (Å²) in [4.78, 5) is 58.0. The summed E-state index contributed by atoms with van der Waals surface area (Å²) in [6.45, 7) is 8.13. The predicted octanol–water partition coefficient (Wildman–Crippen LogP) is 19.2. The first-order chi connectivity index (χ1) is 54.6. The summed E-state index contributed by atoms with van der Waals surface area (Å²) in [6, 6.07) is 56.3. The van der Waals surface area contributed by atoms with Gasteiger partial charge in [-0.3, -0.25) is 23.7 Å². The lowest BCUT2D eigenvalue weighted by Crippen LogP contribution is -2.83. The molecule has 4 atom stereocenters. The van der Waals surface area contributed by atoms with Gasteiger partial charge in [0.25, 0.3) is 21.9 Å². The number of halogens is 8. The van der Waals surface area contributed by atoms with Crippen LogP contribution in [0.2, 0.25) is 0 Å². The number of piperidine rings is 2. The van der Waals surface area contributed by atoms with Gasteiger partial charge in [-0.2, -0.15) is 40.0 Å². The smallest absolute Gasteiger partial charge is 0.416 e. The number of nitrogens with two attached hydrogens (primary N) is 1. The zero-order valence-corrected chi connectivity index (χ0v) is 65.5. The number of rotatable bonds is 14. The van der Waals surface area contributed by atoms with Gasteiger partial charge in [0.15, 0.2) is 0 Å². The highest BCUT2D eigenvalue weighted by Gasteiger charge is 2.44. The second-order valence-electron chi connectivity index (χ2n) is 29.1. The molecule has 604 valence electrons. The number of nitriles is 1. The van der Waals surface area contributed by atoms with Gasteiger partial charge >= 0.3 is 12.4 Å². The van der Waals surface area contributed by atoms with Crippen molar-refractivity contribution in [2.75, 3.05) is 29.0 Å². The van der Waals surface area contributed by atoms with Gasteiger partial charge in [-0.1, -0.05) is 134 Å². The number of aryl methyl sites for hydroxylation is 4. The molecule has 0 spiro atoms. The molecule has 2 saturated heterocycles. The van der Waals surface area contributed by atoms with Crippen LogP contribution in [-0.4, -0.2) is 84.5 Å². The Kier molecular flexibility index (Phi) is 28.6. The Hall–Kier alpha value is -10.9. The molecule has 4 amide bonds. The molecule has 2 heterocycles. The number of nitrogens with one attached hydrogen (secondary N) is 3. The second kappa shape index (κ2) is 38.0. The average Bonchev–Trinajstić information content (AvgIpc) is 1.31. The van der Waals surface area contributed by atoms with E-state index < -0.39 is 103 Å². The molecule has 115 heavy (non-hydrogen) atoms.